The molecule has 2 atom stereocenters. The van der Waals surface area contributed by atoms with Crippen molar-refractivity contribution in [1.29, 1.82) is 5.26 Å². The van der Waals surface area contributed by atoms with Crippen molar-refractivity contribution in [2.45, 2.75) is 25.5 Å². The quantitative estimate of drug-likeness (QED) is 0.880. The van der Waals surface area contributed by atoms with Crippen LogP contribution in [0.15, 0.2) is 24.3 Å². The first-order valence-electron chi connectivity index (χ1n) is 6.57. The number of carbonyl (C=O) groups excluding carboxylic acids is 1. The van der Waals surface area contributed by atoms with Gasteiger partial charge in [0.25, 0.3) is 5.91 Å². The predicted octanol–water partition coefficient (Wildman–Crippen LogP) is 0.629. The molecule has 0 saturated carbocycles. The minimum absolute atomic E-state index is 0.0116. The van der Waals surface area contributed by atoms with Crippen molar-refractivity contribution in [2.75, 3.05) is 11.5 Å². The van der Waals surface area contributed by atoms with Gasteiger partial charge >= 0.3 is 0 Å². The lowest BCUT2D eigenvalue weighted by atomic mass is 10.2. The topological polar surface area (TPSA) is 96.3 Å². The molecule has 1 heterocycles. The van der Waals surface area contributed by atoms with Crippen molar-refractivity contribution in [3.63, 3.8) is 0 Å². The molecule has 0 spiro atoms. The van der Waals surface area contributed by atoms with E-state index in [1.165, 1.54) is 0 Å². The third-order valence-corrected chi connectivity index (χ3v) is 5.01. The first kappa shape index (κ1) is 15.3. The van der Waals surface area contributed by atoms with Gasteiger partial charge in [-0.25, -0.2) is 8.42 Å². The number of amides is 1. The molecular weight excluding hydrogens is 292 g/mol. The first-order chi connectivity index (χ1) is 9.89. The van der Waals surface area contributed by atoms with Crippen LogP contribution in [0.4, 0.5) is 0 Å². The summed E-state index contributed by atoms with van der Waals surface area (Å²) in [6.45, 7) is 1.59. The highest BCUT2D eigenvalue weighted by atomic mass is 32.2. The number of nitriles is 1. The summed E-state index contributed by atoms with van der Waals surface area (Å²) >= 11 is 0. The Hall–Kier alpha value is -2.07. The van der Waals surface area contributed by atoms with Gasteiger partial charge in [-0.3, -0.25) is 4.79 Å². The number of hydrogen-bond acceptors (Lipinski definition) is 5. The number of nitrogens with zero attached hydrogens (tertiary/aromatic N) is 1. The molecule has 0 radical (unpaired) electrons. The van der Waals surface area contributed by atoms with Crippen LogP contribution >= 0.6 is 0 Å². The van der Waals surface area contributed by atoms with Crippen molar-refractivity contribution in [1.82, 2.24) is 5.32 Å². The predicted molar refractivity (Wildman–Crippen MR) is 76.4 cm³/mol. The largest absolute Gasteiger partial charge is 0.481 e. The molecule has 1 aliphatic rings. The van der Waals surface area contributed by atoms with E-state index in [1.807, 2.05) is 6.07 Å². The van der Waals surface area contributed by atoms with E-state index in [-0.39, 0.29) is 23.5 Å². The van der Waals surface area contributed by atoms with Crippen molar-refractivity contribution in [3.05, 3.63) is 29.8 Å². The zero-order valence-corrected chi connectivity index (χ0v) is 12.4. The lowest BCUT2D eigenvalue weighted by molar-refractivity contribution is -0.127. The molecule has 1 N–H and O–H groups in total. The lowest BCUT2D eigenvalue weighted by Gasteiger charge is -2.17. The van der Waals surface area contributed by atoms with Gasteiger partial charge in [-0.15, -0.1) is 0 Å². The third-order valence-electron chi connectivity index (χ3n) is 3.24. The second-order valence-electron chi connectivity index (χ2n) is 5.00. The zero-order chi connectivity index (χ0) is 15.5. The van der Waals surface area contributed by atoms with E-state index in [4.69, 9.17) is 10.00 Å². The molecular formula is C14H16N2O4S. The summed E-state index contributed by atoms with van der Waals surface area (Å²) < 4.78 is 28.1. The Labute approximate surface area is 123 Å². The first-order valence-corrected chi connectivity index (χ1v) is 8.39. The van der Waals surface area contributed by atoms with Gasteiger partial charge in [0, 0.05) is 6.04 Å². The van der Waals surface area contributed by atoms with Crippen LogP contribution in [-0.4, -0.2) is 38.0 Å². The normalized spacial score (nSPS) is 21.2. The average molecular weight is 308 g/mol. The molecule has 112 valence electrons. The van der Waals surface area contributed by atoms with E-state index in [2.05, 4.69) is 5.32 Å². The van der Waals surface area contributed by atoms with Gasteiger partial charge in [0.2, 0.25) is 0 Å². The Morgan fingerprint density at radius 2 is 2.10 bits per heavy atom. The average Bonchev–Trinajstić information content (AvgIpc) is 2.78. The fourth-order valence-electron chi connectivity index (χ4n) is 2.09. The van der Waals surface area contributed by atoms with Crippen LogP contribution in [0.3, 0.4) is 0 Å². The van der Waals surface area contributed by atoms with Gasteiger partial charge in [0.15, 0.2) is 15.9 Å². The van der Waals surface area contributed by atoms with Crippen molar-refractivity contribution in [2.24, 2.45) is 0 Å². The Bertz CT molecular complexity index is 661. The van der Waals surface area contributed by atoms with Crippen molar-refractivity contribution >= 4 is 15.7 Å². The van der Waals surface area contributed by atoms with E-state index in [9.17, 15) is 13.2 Å². The van der Waals surface area contributed by atoms with Crippen LogP contribution in [0.25, 0.3) is 0 Å². The molecule has 1 aromatic carbocycles. The van der Waals surface area contributed by atoms with E-state index < -0.39 is 15.9 Å². The molecule has 7 heteroatoms. The summed E-state index contributed by atoms with van der Waals surface area (Å²) in [7, 11) is -3.02. The molecule has 1 amide bonds. The van der Waals surface area contributed by atoms with Gasteiger partial charge < -0.3 is 10.1 Å². The summed E-state index contributed by atoms with van der Waals surface area (Å²) in [4.78, 5) is 12.0. The van der Waals surface area contributed by atoms with E-state index in [0.29, 0.717) is 17.7 Å². The monoisotopic (exact) mass is 308 g/mol. The van der Waals surface area contributed by atoms with Crippen LogP contribution in [0.2, 0.25) is 0 Å². The molecule has 2 rings (SSSR count). The minimum atomic E-state index is -3.02. The highest BCUT2D eigenvalue weighted by molar-refractivity contribution is 7.91. The molecule has 1 fully saturated rings. The lowest BCUT2D eigenvalue weighted by Crippen LogP contribution is -2.43. The maximum atomic E-state index is 12.0. The Morgan fingerprint density at radius 3 is 2.62 bits per heavy atom. The number of benzene rings is 1. The molecule has 1 saturated heterocycles. The van der Waals surface area contributed by atoms with Gasteiger partial charge in [-0.05, 0) is 37.6 Å². The SMILES string of the molecule is CC(Oc1ccc(C#N)cc1)C(=O)NC1CCS(=O)(=O)C1. The third kappa shape index (κ3) is 4.20. The van der Waals surface area contributed by atoms with Gasteiger partial charge in [0.1, 0.15) is 5.75 Å². The molecule has 0 aliphatic carbocycles. The van der Waals surface area contributed by atoms with E-state index in [0.717, 1.165) is 0 Å². The standard InChI is InChI=1S/C14H16N2O4S/c1-10(20-13-4-2-11(8-15)3-5-13)14(17)16-12-6-7-21(18,19)9-12/h2-5,10,12H,6-7,9H2,1H3,(H,16,17). The fraction of sp³-hybridized carbons (Fsp3) is 0.429. The van der Waals surface area contributed by atoms with Crippen LogP contribution in [0.1, 0.15) is 18.9 Å². The number of sulfone groups is 1. The summed E-state index contributed by atoms with van der Waals surface area (Å²) in [5.74, 6) is 0.239. The molecule has 21 heavy (non-hydrogen) atoms. The molecule has 2 unspecified atom stereocenters. The zero-order valence-electron chi connectivity index (χ0n) is 11.6. The molecule has 1 aromatic rings. The van der Waals surface area contributed by atoms with E-state index >= 15 is 0 Å². The Kier molecular flexibility index (Phi) is 4.48. The summed E-state index contributed by atoms with van der Waals surface area (Å²) in [6.07, 6.45) is -0.293. The van der Waals surface area contributed by atoms with Crippen molar-refractivity contribution < 1.29 is 17.9 Å². The van der Waals surface area contributed by atoms with Crippen LogP contribution in [-0.2, 0) is 14.6 Å². The maximum Gasteiger partial charge on any atom is 0.261 e. The summed E-state index contributed by atoms with van der Waals surface area (Å²) in [5.41, 5.74) is 0.510. The number of ether oxygens (including phenoxy) is 1. The Morgan fingerprint density at radius 1 is 1.43 bits per heavy atom. The summed E-state index contributed by atoms with van der Waals surface area (Å²) in [6, 6.07) is 8.08. The molecule has 0 aromatic heterocycles. The number of rotatable bonds is 4. The molecule has 0 bridgehead atoms. The Balaban J connectivity index is 1.89. The smallest absolute Gasteiger partial charge is 0.261 e. The van der Waals surface area contributed by atoms with E-state index in [1.54, 1.807) is 31.2 Å². The molecule has 1 aliphatic heterocycles. The van der Waals surface area contributed by atoms with Crippen molar-refractivity contribution in [3.8, 4) is 11.8 Å². The second kappa shape index (κ2) is 6.14. The highest BCUT2D eigenvalue weighted by Gasteiger charge is 2.30. The van der Waals surface area contributed by atoms with Crippen LogP contribution in [0.5, 0.6) is 5.75 Å². The highest BCUT2D eigenvalue weighted by Crippen LogP contribution is 2.15. The number of carbonyl (C=O) groups is 1. The second-order valence-corrected chi connectivity index (χ2v) is 7.23. The molecule has 6 nitrogen and oxygen atoms in total. The maximum absolute atomic E-state index is 12.0. The van der Waals surface area contributed by atoms with Crippen LogP contribution < -0.4 is 10.1 Å². The minimum Gasteiger partial charge on any atom is -0.481 e. The fourth-order valence-corrected chi connectivity index (χ4v) is 3.77. The van der Waals surface area contributed by atoms with Gasteiger partial charge in [0.05, 0.1) is 23.1 Å². The van der Waals surface area contributed by atoms with Crippen LogP contribution in [0, 0.1) is 11.3 Å². The van der Waals surface area contributed by atoms with Gasteiger partial charge in [-0.1, -0.05) is 0 Å². The summed E-state index contributed by atoms with van der Waals surface area (Å²) in [5, 5.41) is 11.4. The number of hydrogen-bond donors (Lipinski definition) is 1. The number of nitrogens with one attached hydrogen (secondary N) is 1. The van der Waals surface area contributed by atoms with Gasteiger partial charge in [-0.2, -0.15) is 5.26 Å².